The Morgan fingerprint density at radius 1 is 1.50 bits per heavy atom. The molecule has 1 aromatic heterocycles. The van der Waals surface area contributed by atoms with Crippen LogP contribution < -0.4 is 4.72 Å². The zero-order valence-electron chi connectivity index (χ0n) is 8.98. The van der Waals surface area contributed by atoms with Crippen molar-refractivity contribution in [3.63, 3.8) is 0 Å². The first-order valence-corrected chi connectivity index (χ1v) is 6.10. The molecule has 2 N–H and O–H groups in total. The summed E-state index contributed by atoms with van der Waals surface area (Å²) in [6.07, 6.45) is -0.255. The standard InChI is InChI=1S/C9H13NO5S/c1-6-5-8(7(2)15-6)16(13,14)10-4-3-9(11)12/h5,10H,3-4H2,1-2H3,(H,11,12). The normalized spacial score (nSPS) is 11.6. The molecule has 7 heteroatoms. The molecule has 0 aliphatic rings. The fraction of sp³-hybridized carbons (Fsp3) is 0.444. The smallest absolute Gasteiger partial charge is 0.304 e. The summed E-state index contributed by atoms with van der Waals surface area (Å²) in [6, 6.07) is 1.40. The molecule has 1 aromatic rings. The number of nitrogens with one attached hydrogen (secondary N) is 1. The first-order chi connectivity index (χ1) is 7.33. The minimum Gasteiger partial charge on any atom is -0.481 e. The molecule has 0 amide bonds. The van der Waals surface area contributed by atoms with Crippen molar-refractivity contribution in [2.45, 2.75) is 25.2 Å². The number of hydrogen-bond acceptors (Lipinski definition) is 4. The number of carbonyl (C=O) groups is 1. The van der Waals surface area contributed by atoms with E-state index < -0.39 is 16.0 Å². The summed E-state index contributed by atoms with van der Waals surface area (Å²) < 4.78 is 30.7. The van der Waals surface area contributed by atoms with Crippen molar-refractivity contribution in [1.29, 1.82) is 0 Å². The minimum absolute atomic E-state index is 0.0513. The van der Waals surface area contributed by atoms with Gasteiger partial charge in [0.25, 0.3) is 0 Å². The Morgan fingerprint density at radius 2 is 2.12 bits per heavy atom. The second-order valence-corrected chi connectivity index (χ2v) is 5.05. The van der Waals surface area contributed by atoms with Gasteiger partial charge in [0.05, 0.1) is 6.42 Å². The monoisotopic (exact) mass is 247 g/mol. The van der Waals surface area contributed by atoms with E-state index in [9.17, 15) is 13.2 Å². The van der Waals surface area contributed by atoms with Crippen molar-refractivity contribution >= 4 is 16.0 Å². The fourth-order valence-electron chi connectivity index (χ4n) is 1.24. The Hall–Kier alpha value is -1.34. The highest BCUT2D eigenvalue weighted by molar-refractivity contribution is 7.89. The molecule has 0 saturated heterocycles. The van der Waals surface area contributed by atoms with Crippen LogP contribution in [-0.4, -0.2) is 26.0 Å². The molecule has 0 fully saturated rings. The van der Waals surface area contributed by atoms with Gasteiger partial charge in [-0.15, -0.1) is 0 Å². The fourth-order valence-corrected chi connectivity index (χ4v) is 2.51. The molecule has 6 nitrogen and oxygen atoms in total. The Labute approximate surface area is 93.3 Å². The van der Waals surface area contributed by atoms with E-state index in [4.69, 9.17) is 9.52 Å². The zero-order valence-corrected chi connectivity index (χ0v) is 9.80. The predicted molar refractivity (Wildman–Crippen MR) is 55.6 cm³/mol. The Kier molecular flexibility index (Phi) is 3.71. The molecule has 1 rings (SSSR count). The van der Waals surface area contributed by atoms with Crippen molar-refractivity contribution in [2.75, 3.05) is 6.54 Å². The lowest BCUT2D eigenvalue weighted by atomic mass is 10.4. The van der Waals surface area contributed by atoms with E-state index in [1.165, 1.54) is 6.07 Å². The Bertz CT molecular complexity index is 488. The molecule has 0 aromatic carbocycles. The number of sulfonamides is 1. The maximum atomic E-state index is 11.7. The van der Waals surface area contributed by atoms with Gasteiger partial charge < -0.3 is 9.52 Å². The average Bonchev–Trinajstić information content (AvgIpc) is 2.44. The molecule has 0 atom stereocenters. The number of rotatable bonds is 5. The zero-order chi connectivity index (χ0) is 12.3. The van der Waals surface area contributed by atoms with Crippen molar-refractivity contribution in [1.82, 2.24) is 4.72 Å². The van der Waals surface area contributed by atoms with E-state index >= 15 is 0 Å². The van der Waals surface area contributed by atoms with Gasteiger partial charge in [0.2, 0.25) is 10.0 Å². The van der Waals surface area contributed by atoms with Crippen LogP contribution >= 0.6 is 0 Å². The van der Waals surface area contributed by atoms with Crippen LogP contribution in [0.25, 0.3) is 0 Å². The highest BCUT2D eigenvalue weighted by atomic mass is 32.2. The number of hydrogen-bond donors (Lipinski definition) is 2. The predicted octanol–water partition coefficient (Wildman–Crippen LogP) is 0.649. The van der Waals surface area contributed by atoms with Crippen LogP contribution in [0.15, 0.2) is 15.4 Å². The minimum atomic E-state index is -3.67. The van der Waals surface area contributed by atoms with Crippen LogP contribution in [-0.2, 0) is 14.8 Å². The third-order valence-electron chi connectivity index (χ3n) is 1.92. The lowest BCUT2D eigenvalue weighted by Crippen LogP contribution is -2.26. The molecular weight excluding hydrogens is 234 g/mol. The lowest BCUT2D eigenvalue weighted by Gasteiger charge is -2.03. The second-order valence-electron chi connectivity index (χ2n) is 3.32. The molecular formula is C9H13NO5S. The summed E-state index contributed by atoms with van der Waals surface area (Å²) in [5, 5.41) is 8.39. The first-order valence-electron chi connectivity index (χ1n) is 4.61. The van der Waals surface area contributed by atoms with E-state index in [-0.39, 0.29) is 17.9 Å². The van der Waals surface area contributed by atoms with Gasteiger partial charge in [0.15, 0.2) is 0 Å². The summed E-state index contributed by atoms with van der Waals surface area (Å²) in [5.41, 5.74) is 0. The summed E-state index contributed by atoms with van der Waals surface area (Å²) in [5.74, 6) is -0.265. The number of carboxylic acid groups (broad SMARTS) is 1. The number of aliphatic carboxylic acids is 1. The summed E-state index contributed by atoms with van der Waals surface area (Å²) in [6.45, 7) is 3.05. The summed E-state index contributed by atoms with van der Waals surface area (Å²) in [7, 11) is -3.67. The highest BCUT2D eigenvalue weighted by Crippen LogP contribution is 2.18. The van der Waals surface area contributed by atoms with Gasteiger partial charge in [-0.25, -0.2) is 13.1 Å². The average molecular weight is 247 g/mol. The van der Waals surface area contributed by atoms with Crippen LogP contribution in [0.3, 0.4) is 0 Å². The second kappa shape index (κ2) is 4.67. The Morgan fingerprint density at radius 3 is 2.56 bits per heavy atom. The van der Waals surface area contributed by atoms with E-state index in [0.29, 0.717) is 11.5 Å². The van der Waals surface area contributed by atoms with Crippen LogP contribution in [0.4, 0.5) is 0 Å². The third-order valence-corrected chi connectivity index (χ3v) is 3.48. The molecule has 0 saturated carbocycles. The van der Waals surface area contributed by atoms with Crippen molar-refractivity contribution in [3.8, 4) is 0 Å². The topological polar surface area (TPSA) is 96.6 Å². The quantitative estimate of drug-likeness (QED) is 0.796. The first kappa shape index (κ1) is 12.7. The SMILES string of the molecule is Cc1cc(S(=O)(=O)NCCC(=O)O)c(C)o1. The van der Waals surface area contributed by atoms with Crippen LogP contribution in [0.1, 0.15) is 17.9 Å². The summed E-state index contributed by atoms with van der Waals surface area (Å²) in [4.78, 5) is 10.3. The van der Waals surface area contributed by atoms with Gasteiger partial charge in [-0.2, -0.15) is 0 Å². The van der Waals surface area contributed by atoms with Crippen molar-refractivity contribution < 1.29 is 22.7 Å². The van der Waals surface area contributed by atoms with Crippen LogP contribution in [0, 0.1) is 13.8 Å². The molecule has 16 heavy (non-hydrogen) atoms. The van der Waals surface area contributed by atoms with E-state index in [1.807, 2.05) is 0 Å². The van der Waals surface area contributed by atoms with Crippen molar-refractivity contribution in [3.05, 3.63) is 17.6 Å². The number of carboxylic acids is 1. The van der Waals surface area contributed by atoms with Gasteiger partial charge in [-0.3, -0.25) is 4.79 Å². The van der Waals surface area contributed by atoms with E-state index in [2.05, 4.69) is 4.72 Å². The number of aryl methyl sites for hydroxylation is 2. The number of furan rings is 1. The molecule has 0 radical (unpaired) electrons. The Balaban J connectivity index is 2.78. The molecule has 0 aliphatic carbocycles. The van der Waals surface area contributed by atoms with Crippen LogP contribution in [0.5, 0.6) is 0 Å². The lowest BCUT2D eigenvalue weighted by molar-refractivity contribution is -0.136. The van der Waals surface area contributed by atoms with E-state index in [1.54, 1.807) is 13.8 Å². The highest BCUT2D eigenvalue weighted by Gasteiger charge is 2.20. The van der Waals surface area contributed by atoms with Crippen LogP contribution in [0.2, 0.25) is 0 Å². The van der Waals surface area contributed by atoms with Gasteiger partial charge in [-0.1, -0.05) is 0 Å². The van der Waals surface area contributed by atoms with Gasteiger partial charge in [-0.05, 0) is 19.9 Å². The van der Waals surface area contributed by atoms with Crippen molar-refractivity contribution in [2.24, 2.45) is 0 Å². The molecule has 0 spiro atoms. The van der Waals surface area contributed by atoms with Gasteiger partial charge in [0.1, 0.15) is 16.4 Å². The maximum Gasteiger partial charge on any atom is 0.304 e. The molecule has 90 valence electrons. The largest absolute Gasteiger partial charge is 0.481 e. The molecule has 0 bridgehead atoms. The molecule has 0 unspecified atom stereocenters. The summed E-state index contributed by atoms with van der Waals surface area (Å²) >= 11 is 0. The molecule has 1 heterocycles. The van der Waals surface area contributed by atoms with Gasteiger partial charge >= 0.3 is 5.97 Å². The maximum absolute atomic E-state index is 11.7. The van der Waals surface area contributed by atoms with Gasteiger partial charge in [0, 0.05) is 6.54 Å². The van der Waals surface area contributed by atoms with E-state index in [0.717, 1.165) is 0 Å². The third kappa shape index (κ3) is 3.07. The molecule has 0 aliphatic heterocycles.